The molecule has 66 heavy (non-hydrogen) atoms. The average molecular weight is 840 g/mol. The fraction of sp³-hybridized carbons (Fsp3) is 0. The van der Waals surface area contributed by atoms with Crippen LogP contribution in [0.2, 0.25) is 0 Å². The lowest BCUT2D eigenvalue weighted by Crippen LogP contribution is -2.01. The summed E-state index contributed by atoms with van der Waals surface area (Å²) in [6, 6.07) is 88.4. The number of hydrogen-bond donors (Lipinski definition) is 0. The second-order valence-electron chi connectivity index (χ2n) is 16.8. The molecule has 12 rings (SSSR count). The van der Waals surface area contributed by atoms with Crippen LogP contribution in [0.15, 0.2) is 249 Å². The molecule has 3 heteroatoms. The van der Waals surface area contributed by atoms with E-state index in [4.69, 9.17) is 15.0 Å². The molecule has 1 aromatic heterocycles. The highest BCUT2D eigenvalue weighted by molar-refractivity contribution is 6.05. The van der Waals surface area contributed by atoms with Gasteiger partial charge in [0.1, 0.15) is 0 Å². The lowest BCUT2D eigenvalue weighted by Gasteiger charge is -2.15. The quantitative estimate of drug-likeness (QED) is 0.153. The van der Waals surface area contributed by atoms with Gasteiger partial charge in [-0.15, -0.1) is 0 Å². The topological polar surface area (TPSA) is 38.7 Å². The molecule has 3 nitrogen and oxygen atoms in total. The summed E-state index contributed by atoms with van der Waals surface area (Å²) in [5.41, 5.74) is 14.3. The zero-order chi connectivity index (χ0) is 43.8. The fourth-order valence-corrected chi connectivity index (χ4v) is 9.42. The van der Waals surface area contributed by atoms with E-state index in [2.05, 4.69) is 249 Å². The summed E-state index contributed by atoms with van der Waals surface area (Å²) in [4.78, 5) is 15.9. The van der Waals surface area contributed by atoms with Crippen molar-refractivity contribution in [2.24, 2.45) is 0 Å². The predicted octanol–water partition coefficient (Wildman–Crippen LogP) is 16.7. The first-order valence-electron chi connectivity index (χ1n) is 22.4. The van der Waals surface area contributed by atoms with Gasteiger partial charge < -0.3 is 0 Å². The van der Waals surface area contributed by atoms with Crippen molar-refractivity contribution < 1.29 is 0 Å². The standard InChI is InChI=1S/C63H41N3/c1-3-15-42(16-4-1)48-35-31-44-32-36-49(40-52(44)39-48)43-29-33-47(34-30-43)61-64-62(66-63(65-61)60-27-12-11-26-59(60)58-28-14-20-46-19-7-8-23-53(46)58)51-22-13-21-50(41-51)55-38-37-54(45-17-5-2-6-18-45)56-24-9-10-25-57(55)56/h1-41H. The van der Waals surface area contributed by atoms with Crippen LogP contribution in [-0.4, -0.2) is 15.0 Å². The van der Waals surface area contributed by atoms with Crippen LogP contribution in [0.5, 0.6) is 0 Å². The van der Waals surface area contributed by atoms with Crippen LogP contribution < -0.4 is 0 Å². The molecule has 0 amide bonds. The first-order valence-corrected chi connectivity index (χ1v) is 22.4. The second kappa shape index (κ2) is 16.7. The van der Waals surface area contributed by atoms with Gasteiger partial charge in [-0.2, -0.15) is 0 Å². The Labute approximate surface area is 384 Å². The molecule has 0 spiro atoms. The van der Waals surface area contributed by atoms with E-state index in [1.54, 1.807) is 0 Å². The van der Waals surface area contributed by atoms with Crippen LogP contribution in [0.3, 0.4) is 0 Å². The Balaban J connectivity index is 0.978. The number of nitrogens with zero attached hydrogens (tertiary/aromatic N) is 3. The molecule has 0 aliphatic carbocycles. The van der Waals surface area contributed by atoms with Crippen LogP contribution in [-0.2, 0) is 0 Å². The van der Waals surface area contributed by atoms with E-state index in [1.165, 1.54) is 54.6 Å². The Morgan fingerprint density at radius 3 is 1.35 bits per heavy atom. The van der Waals surface area contributed by atoms with Gasteiger partial charge in [0.15, 0.2) is 17.5 Å². The third kappa shape index (κ3) is 7.29. The number of benzene rings is 11. The molecular formula is C63H41N3. The maximum absolute atomic E-state index is 5.32. The second-order valence-corrected chi connectivity index (χ2v) is 16.8. The van der Waals surface area contributed by atoms with Crippen molar-refractivity contribution in [1.82, 2.24) is 15.0 Å². The number of aromatic nitrogens is 3. The molecule has 12 aromatic rings. The Morgan fingerprint density at radius 1 is 0.182 bits per heavy atom. The van der Waals surface area contributed by atoms with Crippen LogP contribution in [0.25, 0.3) is 122 Å². The Hall–Kier alpha value is -8.79. The summed E-state index contributed by atoms with van der Waals surface area (Å²) < 4.78 is 0. The molecule has 0 N–H and O–H groups in total. The Kier molecular flexibility index (Phi) is 9.85. The smallest absolute Gasteiger partial charge is 0.164 e. The minimum absolute atomic E-state index is 0.614. The Morgan fingerprint density at radius 2 is 0.636 bits per heavy atom. The third-order valence-corrected chi connectivity index (χ3v) is 12.7. The first kappa shape index (κ1) is 38.9. The molecule has 0 bridgehead atoms. The van der Waals surface area contributed by atoms with Crippen molar-refractivity contribution >= 4 is 32.3 Å². The zero-order valence-electron chi connectivity index (χ0n) is 36.0. The van der Waals surface area contributed by atoms with E-state index in [-0.39, 0.29) is 0 Å². The van der Waals surface area contributed by atoms with Gasteiger partial charge in [0.25, 0.3) is 0 Å². The van der Waals surface area contributed by atoms with Crippen molar-refractivity contribution in [2.45, 2.75) is 0 Å². The van der Waals surface area contributed by atoms with Gasteiger partial charge in [0, 0.05) is 16.7 Å². The van der Waals surface area contributed by atoms with Crippen LogP contribution >= 0.6 is 0 Å². The normalized spacial score (nSPS) is 11.3. The highest BCUT2D eigenvalue weighted by Gasteiger charge is 2.18. The van der Waals surface area contributed by atoms with Gasteiger partial charge in [-0.25, -0.2) is 15.0 Å². The van der Waals surface area contributed by atoms with Gasteiger partial charge in [-0.05, 0) is 106 Å². The molecule has 0 fully saturated rings. The first-order chi connectivity index (χ1) is 32.7. The van der Waals surface area contributed by atoms with Crippen molar-refractivity contribution in [3.05, 3.63) is 249 Å². The van der Waals surface area contributed by atoms with Gasteiger partial charge in [-0.1, -0.05) is 231 Å². The van der Waals surface area contributed by atoms with Crippen molar-refractivity contribution in [3.8, 4) is 89.8 Å². The molecule has 0 aliphatic rings. The number of hydrogen-bond acceptors (Lipinski definition) is 3. The van der Waals surface area contributed by atoms with E-state index >= 15 is 0 Å². The summed E-state index contributed by atoms with van der Waals surface area (Å²) in [6.45, 7) is 0. The van der Waals surface area contributed by atoms with Crippen LogP contribution in [0.1, 0.15) is 0 Å². The summed E-state index contributed by atoms with van der Waals surface area (Å²) in [5, 5.41) is 7.19. The minimum Gasteiger partial charge on any atom is -0.208 e. The highest BCUT2D eigenvalue weighted by atomic mass is 15.0. The number of fused-ring (bicyclic) bond motifs is 3. The van der Waals surface area contributed by atoms with E-state index in [0.717, 1.165) is 50.1 Å². The molecule has 0 saturated heterocycles. The van der Waals surface area contributed by atoms with Crippen LogP contribution in [0.4, 0.5) is 0 Å². The monoisotopic (exact) mass is 839 g/mol. The highest BCUT2D eigenvalue weighted by Crippen LogP contribution is 2.39. The van der Waals surface area contributed by atoms with Gasteiger partial charge in [0.05, 0.1) is 0 Å². The fourth-order valence-electron chi connectivity index (χ4n) is 9.42. The van der Waals surface area contributed by atoms with Crippen molar-refractivity contribution in [2.75, 3.05) is 0 Å². The average Bonchev–Trinajstić information content (AvgIpc) is 3.40. The maximum atomic E-state index is 5.32. The lowest BCUT2D eigenvalue weighted by atomic mass is 9.91. The summed E-state index contributed by atoms with van der Waals surface area (Å²) in [5.74, 6) is 1.85. The largest absolute Gasteiger partial charge is 0.208 e. The van der Waals surface area contributed by atoms with Gasteiger partial charge >= 0.3 is 0 Å². The molecule has 0 unspecified atom stereocenters. The third-order valence-electron chi connectivity index (χ3n) is 12.7. The van der Waals surface area contributed by atoms with E-state index in [9.17, 15) is 0 Å². The van der Waals surface area contributed by atoms with E-state index in [0.29, 0.717) is 17.5 Å². The summed E-state index contributed by atoms with van der Waals surface area (Å²) in [6.07, 6.45) is 0. The van der Waals surface area contributed by atoms with Crippen LogP contribution in [0, 0.1) is 0 Å². The minimum atomic E-state index is 0.614. The maximum Gasteiger partial charge on any atom is 0.164 e. The van der Waals surface area contributed by atoms with E-state index in [1.807, 2.05) is 0 Å². The molecule has 0 saturated carbocycles. The molecular weight excluding hydrogens is 799 g/mol. The summed E-state index contributed by atoms with van der Waals surface area (Å²) in [7, 11) is 0. The summed E-state index contributed by atoms with van der Waals surface area (Å²) >= 11 is 0. The molecule has 308 valence electrons. The molecule has 0 radical (unpaired) electrons. The Bertz CT molecular complexity index is 3740. The lowest BCUT2D eigenvalue weighted by molar-refractivity contribution is 1.07. The van der Waals surface area contributed by atoms with Gasteiger partial charge in [0.2, 0.25) is 0 Å². The SMILES string of the molecule is c1ccc(-c2ccc3ccc(-c4ccc(-c5nc(-c6cccc(-c7ccc(-c8ccccc8)c8ccccc78)c6)nc(-c6ccccc6-c6cccc7ccccc67)n5)cc4)cc3c2)cc1. The number of rotatable bonds is 8. The molecule has 11 aromatic carbocycles. The van der Waals surface area contributed by atoms with E-state index < -0.39 is 0 Å². The molecule has 1 heterocycles. The van der Waals surface area contributed by atoms with Crippen molar-refractivity contribution in [1.29, 1.82) is 0 Å². The molecule has 0 atom stereocenters. The zero-order valence-corrected chi connectivity index (χ0v) is 36.0. The van der Waals surface area contributed by atoms with Crippen molar-refractivity contribution in [3.63, 3.8) is 0 Å². The molecule has 0 aliphatic heterocycles. The van der Waals surface area contributed by atoms with Gasteiger partial charge in [-0.3, -0.25) is 0 Å². The predicted molar refractivity (Wildman–Crippen MR) is 276 cm³/mol.